The van der Waals surface area contributed by atoms with E-state index in [-0.39, 0.29) is 0 Å². The van der Waals surface area contributed by atoms with Crippen LogP contribution < -0.4 is 0 Å². The van der Waals surface area contributed by atoms with E-state index in [2.05, 4.69) is 107 Å². The van der Waals surface area contributed by atoms with Gasteiger partial charge in [-0.15, -0.1) is 0 Å². The van der Waals surface area contributed by atoms with Gasteiger partial charge in [0.25, 0.3) is 0 Å². The maximum atomic E-state index is 8.38. The van der Waals surface area contributed by atoms with Crippen molar-refractivity contribution < 1.29 is 0 Å². The van der Waals surface area contributed by atoms with Crippen LogP contribution in [0.4, 0.5) is 0 Å². The highest BCUT2D eigenvalue weighted by atomic mass is 14.7. The number of allylic oxidation sites excluding steroid dienone is 4. The van der Waals surface area contributed by atoms with Gasteiger partial charge in [0.2, 0.25) is 0 Å². The summed E-state index contributed by atoms with van der Waals surface area (Å²) in [5.74, 6) is 0. The Morgan fingerprint density at radius 3 is 1.82 bits per heavy atom. The molecular formula is C41H55N3. The van der Waals surface area contributed by atoms with Gasteiger partial charge in [0.15, 0.2) is 0 Å². The lowest BCUT2D eigenvalue weighted by atomic mass is 9.94. The highest BCUT2D eigenvalue weighted by Gasteiger charge is 2.05. The molecule has 0 bridgehead atoms. The smallest absolute Gasteiger partial charge is 0.0991 e. The van der Waals surface area contributed by atoms with Gasteiger partial charge in [0.1, 0.15) is 0 Å². The van der Waals surface area contributed by atoms with Gasteiger partial charge in [-0.2, -0.15) is 5.26 Å². The molecule has 3 heteroatoms. The number of nitrogens with zero attached hydrogens (tertiary/aromatic N) is 3. The Morgan fingerprint density at radius 1 is 0.864 bits per heavy atom. The molecule has 0 atom stereocenters. The highest BCUT2D eigenvalue weighted by Crippen LogP contribution is 2.27. The van der Waals surface area contributed by atoms with Crippen molar-refractivity contribution in [2.45, 2.75) is 89.0 Å². The molecule has 0 saturated heterocycles. The SMILES string of the molecule is C=Cc1c(C)cc(-c2ccc(/C(C)=C/C)cc2)cc1C.CC.CC=N/C(C)=C(/C)C(CCC)=NC.Cc1ccc(C#N)cc1. The van der Waals surface area contributed by atoms with Gasteiger partial charge in [0, 0.05) is 24.7 Å². The average molecular weight is 590 g/mol. The van der Waals surface area contributed by atoms with Crippen molar-refractivity contribution in [3.63, 3.8) is 0 Å². The van der Waals surface area contributed by atoms with Crippen LogP contribution in [0.3, 0.4) is 0 Å². The molecule has 0 aliphatic carbocycles. The summed E-state index contributed by atoms with van der Waals surface area (Å²) < 4.78 is 0. The minimum absolute atomic E-state index is 0.723. The molecule has 0 aliphatic heterocycles. The molecule has 0 aliphatic rings. The molecule has 0 saturated carbocycles. The zero-order valence-electron chi connectivity index (χ0n) is 29.5. The topological polar surface area (TPSA) is 48.5 Å². The number of hydrogen-bond acceptors (Lipinski definition) is 3. The molecule has 0 aromatic heterocycles. The van der Waals surface area contributed by atoms with E-state index >= 15 is 0 Å². The maximum absolute atomic E-state index is 8.38. The van der Waals surface area contributed by atoms with E-state index < -0.39 is 0 Å². The van der Waals surface area contributed by atoms with Crippen LogP contribution in [0.1, 0.15) is 102 Å². The minimum atomic E-state index is 0.723. The molecule has 3 aromatic rings. The fourth-order valence-electron chi connectivity index (χ4n) is 4.39. The second-order valence-corrected chi connectivity index (χ2v) is 10.3. The first-order valence-electron chi connectivity index (χ1n) is 15.6. The zero-order chi connectivity index (χ0) is 33.7. The van der Waals surface area contributed by atoms with Gasteiger partial charge in [0.05, 0.1) is 11.6 Å². The number of nitriles is 1. The molecule has 0 spiro atoms. The van der Waals surface area contributed by atoms with Gasteiger partial charge in [-0.05, 0) is 118 Å². The first-order chi connectivity index (χ1) is 21.1. The van der Waals surface area contributed by atoms with Crippen molar-refractivity contribution >= 4 is 23.6 Å². The highest BCUT2D eigenvalue weighted by molar-refractivity contribution is 6.00. The largest absolute Gasteiger partial charge is 0.293 e. The molecule has 0 N–H and O–H groups in total. The van der Waals surface area contributed by atoms with Gasteiger partial charge in [-0.3, -0.25) is 9.98 Å². The quantitative estimate of drug-likeness (QED) is 0.253. The molecule has 234 valence electrons. The monoisotopic (exact) mass is 589 g/mol. The summed E-state index contributed by atoms with van der Waals surface area (Å²) in [6.45, 7) is 26.6. The molecule has 3 aromatic carbocycles. The molecule has 0 fully saturated rings. The van der Waals surface area contributed by atoms with Crippen LogP contribution in [-0.2, 0) is 0 Å². The van der Waals surface area contributed by atoms with E-state index in [0.717, 1.165) is 24.1 Å². The van der Waals surface area contributed by atoms with Gasteiger partial charge in [-0.25, -0.2) is 0 Å². The Hall–Kier alpha value is -4.29. The number of rotatable bonds is 7. The Labute approximate surface area is 269 Å². The van der Waals surface area contributed by atoms with Crippen molar-refractivity contribution in [2.24, 2.45) is 9.98 Å². The van der Waals surface area contributed by atoms with E-state index in [4.69, 9.17) is 5.26 Å². The van der Waals surface area contributed by atoms with Crippen molar-refractivity contribution in [3.05, 3.63) is 118 Å². The van der Waals surface area contributed by atoms with E-state index in [1.165, 1.54) is 55.8 Å². The van der Waals surface area contributed by atoms with Crippen LogP contribution in [0.2, 0.25) is 0 Å². The molecule has 0 radical (unpaired) electrons. The predicted molar refractivity (Wildman–Crippen MR) is 199 cm³/mol. The van der Waals surface area contributed by atoms with Gasteiger partial charge in [-0.1, -0.05) is 100 Å². The Morgan fingerprint density at radius 2 is 1.41 bits per heavy atom. The van der Waals surface area contributed by atoms with Crippen LogP contribution in [0, 0.1) is 32.1 Å². The van der Waals surface area contributed by atoms with Crippen LogP contribution >= 0.6 is 0 Å². The summed E-state index contributed by atoms with van der Waals surface area (Å²) in [5.41, 5.74) is 14.3. The first-order valence-corrected chi connectivity index (χ1v) is 15.6. The van der Waals surface area contributed by atoms with Crippen LogP contribution in [0.5, 0.6) is 0 Å². The molecule has 0 heterocycles. The first kappa shape index (κ1) is 39.7. The molecule has 3 rings (SSSR count). The lowest BCUT2D eigenvalue weighted by molar-refractivity contribution is 0.983. The summed E-state index contributed by atoms with van der Waals surface area (Å²) in [5, 5.41) is 8.38. The summed E-state index contributed by atoms with van der Waals surface area (Å²) in [6.07, 6.45) is 8.07. The molecule has 0 amide bonds. The Bertz CT molecular complexity index is 1430. The van der Waals surface area contributed by atoms with Gasteiger partial charge < -0.3 is 0 Å². The lowest BCUT2D eigenvalue weighted by Crippen LogP contribution is -2.01. The van der Waals surface area contributed by atoms with Crippen molar-refractivity contribution in [1.82, 2.24) is 0 Å². The molecule has 44 heavy (non-hydrogen) atoms. The van der Waals surface area contributed by atoms with Crippen molar-refractivity contribution in [3.8, 4) is 17.2 Å². The number of hydrogen-bond donors (Lipinski definition) is 0. The molecule has 0 unspecified atom stereocenters. The summed E-state index contributed by atoms with van der Waals surface area (Å²) >= 11 is 0. The predicted octanol–water partition coefficient (Wildman–Crippen LogP) is 12.2. The van der Waals surface area contributed by atoms with Crippen LogP contribution in [-0.4, -0.2) is 19.0 Å². The number of aliphatic imine (C=N–C) groups is 2. The third-order valence-electron chi connectivity index (χ3n) is 7.14. The van der Waals surface area contributed by atoms with E-state index in [1.54, 1.807) is 0 Å². The number of benzene rings is 3. The summed E-state index contributed by atoms with van der Waals surface area (Å²) in [4.78, 5) is 8.52. The molecular weight excluding hydrogens is 534 g/mol. The second-order valence-electron chi connectivity index (χ2n) is 10.3. The fourth-order valence-corrected chi connectivity index (χ4v) is 4.39. The van der Waals surface area contributed by atoms with Crippen molar-refractivity contribution in [1.29, 1.82) is 5.26 Å². The Balaban J connectivity index is 0.000000664. The Kier molecular flexibility index (Phi) is 20.1. The molecule has 3 nitrogen and oxygen atoms in total. The van der Waals surface area contributed by atoms with E-state index in [9.17, 15) is 0 Å². The van der Waals surface area contributed by atoms with Gasteiger partial charge >= 0.3 is 0 Å². The third kappa shape index (κ3) is 13.3. The van der Waals surface area contributed by atoms with Crippen LogP contribution in [0.25, 0.3) is 22.8 Å². The fraction of sp³-hybridized carbons (Fsp3) is 0.341. The standard InChI is InChI=1S/C20H22.C11H20N2.C8H7N.C2H6/c1-6-14(3)17-8-10-18(11-9-17)19-12-15(4)20(7-2)16(5)13-19;1-6-8-11(12-5)9(3)10(4)13-7-2;1-7-2-4-8(6-9)5-3-7;1-2/h6-13H,2H2,1,3-5H3;7H,6,8H2,1-5H3;2-5H,1H3;1-2H3/b14-6+;10-9-,12-11?,13-7?;;. The number of aryl methyl sites for hydroxylation is 3. The third-order valence-corrected chi connectivity index (χ3v) is 7.14. The summed E-state index contributed by atoms with van der Waals surface area (Å²) in [7, 11) is 1.84. The zero-order valence-corrected chi connectivity index (χ0v) is 29.5. The average Bonchev–Trinajstić information content (AvgIpc) is 3.05. The van der Waals surface area contributed by atoms with E-state index in [1.807, 2.05) is 78.2 Å². The normalized spacial score (nSPS) is 11.5. The van der Waals surface area contributed by atoms with Crippen LogP contribution in [0.15, 0.2) is 94.6 Å². The van der Waals surface area contributed by atoms with E-state index in [0.29, 0.717) is 0 Å². The summed E-state index contributed by atoms with van der Waals surface area (Å²) in [6, 6.07) is 22.8. The lowest BCUT2D eigenvalue weighted by Gasteiger charge is -2.10. The maximum Gasteiger partial charge on any atom is 0.0991 e. The minimum Gasteiger partial charge on any atom is -0.293 e. The second kappa shape index (κ2) is 22.3. The van der Waals surface area contributed by atoms with Crippen molar-refractivity contribution in [2.75, 3.05) is 7.05 Å².